The fourth-order valence-corrected chi connectivity index (χ4v) is 2.88. The molecular formula is C16H14ClF3N2O3. The fraction of sp³-hybridized carbons (Fsp3) is 0.375. The molecule has 0 N–H and O–H groups in total. The van der Waals surface area contributed by atoms with Crippen LogP contribution in [0.25, 0.3) is 11.3 Å². The number of piperidine rings is 1. The van der Waals surface area contributed by atoms with Crippen molar-refractivity contribution in [2.75, 3.05) is 6.54 Å². The van der Waals surface area contributed by atoms with Crippen LogP contribution in [0, 0.1) is 0 Å². The van der Waals surface area contributed by atoms with Gasteiger partial charge in [0.25, 0.3) is 0 Å². The van der Waals surface area contributed by atoms with Crippen molar-refractivity contribution in [3.63, 3.8) is 0 Å². The molecule has 1 fully saturated rings. The minimum Gasteiger partial charge on any atom is -0.360 e. The Morgan fingerprint density at radius 2 is 2.12 bits per heavy atom. The van der Waals surface area contributed by atoms with E-state index < -0.39 is 18.2 Å². The minimum absolute atomic E-state index is 0.200. The van der Waals surface area contributed by atoms with E-state index >= 15 is 0 Å². The summed E-state index contributed by atoms with van der Waals surface area (Å²) in [5, 5.41) is 5.48. The van der Waals surface area contributed by atoms with Crippen molar-refractivity contribution in [2.24, 2.45) is 0 Å². The number of hydrogen-bond acceptors (Lipinski definition) is 5. The first kappa shape index (κ1) is 17.8. The van der Waals surface area contributed by atoms with Crippen LogP contribution in [0.4, 0.5) is 13.2 Å². The smallest absolute Gasteiger partial charge is 0.360 e. The largest absolute Gasteiger partial charge is 0.492 e. The van der Waals surface area contributed by atoms with Crippen LogP contribution in [0.1, 0.15) is 31.0 Å². The molecule has 1 aromatic carbocycles. The van der Waals surface area contributed by atoms with Crippen molar-refractivity contribution in [1.29, 1.82) is 0 Å². The lowest BCUT2D eigenvalue weighted by Gasteiger charge is -2.32. The van der Waals surface area contributed by atoms with E-state index in [-0.39, 0.29) is 6.54 Å². The second kappa shape index (κ2) is 7.05. The van der Waals surface area contributed by atoms with E-state index in [1.165, 1.54) is 0 Å². The molecule has 25 heavy (non-hydrogen) atoms. The highest BCUT2D eigenvalue weighted by Crippen LogP contribution is 2.34. The Hall–Kier alpha value is -2.06. The quantitative estimate of drug-likeness (QED) is 0.789. The van der Waals surface area contributed by atoms with E-state index in [1.807, 2.05) is 0 Å². The van der Waals surface area contributed by atoms with Gasteiger partial charge >= 0.3 is 12.1 Å². The molecule has 1 aromatic heterocycles. The third-order valence-corrected chi connectivity index (χ3v) is 4.10. The predicted octanol–water partition coefficient (Wildman–Crippen LogP) is 4.54. The topological polar surface area (TPSA) is 55.6 Å². The number of hydrogen-bond donors (Lipinski definition) is 0. The van der Waals surface area contributed by atoms with Gasteiger partial charge in [-0.1, -0.05) is 28.9 Å². The number of carbonyl (C=O) groups is 1. The van der Waals surface area contributed by atoms with Crippen molar-refractivity contribution >= 4 is 17.6 Å². The Kier molecular flexibility index (Phi) is 5.01. The molecule has 0 radical (unpaired) electrons. The number of hydroxylamine groups is 2. The number of nitrogens with zero attached hydrogens (tertiary/aromatic N) is 2. The second-order valence-electron chi connectivity index (χ2n) is 5.66. The van der Waals surface area contributed by atoms with E-state index in [0.29, 0.717) is 34.9 Å². The highest BCUT2D eigenvalue weighted by Gasteiger charge is 2.44. The van der Waals surface area contributed by atoms with Crippen molar-refractivity contribution < 1.29 is 27.3 Å². The Morgan fingerprint density at radius 3 is 2.84 bits per heavy atom. The SMILES string of the molecule is O=C(ON1CCCCC1c1cc(-c2cccc(Cl)c2)on1)C(F)(F)F. The fourth-order valence-electron chi connectivity index (χ4n) is 2.69. The van der Waals surface area contributed by atoms with Gasteiger partial charge in [-0.15, -0.1) is 5.06 Å². The van der Waals surface area contributed by atoms with Crippen LogP contribution in [0.3, 0.4) is 0 Å². The number of halogens is 4. The monoisotopic (exact) mass is 374 g/mol. The molecule has 0 saturated carbocycles. The van der Waals surface area contributed by atoms with E-state index in [2.05, 4.69) is 9.99 Å². The van der Waals surface area contributed by atoms with Gasteiger partial charge in [-0.05, 0) is 31.4 Å². The molecule has 1 saturated heterocycles. The van der Waals surface area contributed by atoms with Gasteiger partial charge in [-0.2, -0.15) is 13.2 Å². The average Bonchev–Trinajstić information content (AvgIpc) is 3.04. The molecule has 1 unspecified atom stereocenters. The molecule has 1 aliphatic heterocycles. The molecular weight excluding hydrogens is 361 g/mol. The normalized spacial score (nSPS) is 19.0. The molecule has 1 atom stereocenters. The molecule has 0 bridgehead atoms. The summed E-state index contributed by atoms with van der Waals surface area (Å²) in [4.78, 5) is 15.6. The first-order valence-corrected chi connectivity index (χ1v) is 8.01. The van der Waals surface area contributed by atoms with Gasteiger partial charge in [0, 0.05) is 23.2 Å². The van der Waals surface area contributed by atoms with Gasteiger partial charge in [0.05, 0.1) is 6.04 Å². The molecule has 9 heteroatoms. The molecule has 3 rings (SSSR count). The first-order valence-electron chi connectivity index (χ1n) is 7.63. The Morgan fingerprint density at radius 1 is 1.32 bits per heavy atom. The highest BCUT2D eigenvalue weighted by atomic mass is 35.5. The summed E-state index contributed by atoms with van der Waals surface area (Å²) < 4.78 is 42.6. The van der Waals surface area contributed by atoms with E-state index in [9.17, 15) is 18.0 Å². The predicted molar refractivity (Wildman–Crippen MR) is 82.4 cm³/mol. The van der Waals surface area contributed by atoms with Crippen LogP contribution in [0.2, 0.25) is 5.02 Å². The zero-order valence-corrected chi connectivity index (χ0v) is 13.7. The number of aromatic nitrogens is 1. The maximum absolute atomic E-state index is 12.4. The maximum Gasteiger partial charge on any atom is 0.492 e. The molecule has 2 heterocycles. The lowest BCUT2D eigenvalue weighted by Crippen LogP contribution is -2.39. The van der Waals surface area contributed by atoms with Gasteiger partial charge in [0.15, 0.2) is 5.76 Å². The standard InChI is InChI=1S/C16H14ClF3N2O3/c17-11-5-3-4-10(8-11)14-9-12(21-24-14)13-6-1-2-7-22(13)25-15(23)16(18,19)20/h3-5,8-9,13H,1-2,6-7H2. The van der Waals surface area contributed by atoms with E-state index in [4.69, 9.17) is 16.1 Å². The molecule has 1 aliphatic rings. The van der Waals surface area contributed by atoms with Crippen molar-refractivity contribution in [3.8, 4) is 11.3 Å². The summed E-state index contributed by atoms with van der Waals surface area (Å²) >= 11 is 5.94. The van der Waals surface area contributed by atoms with Gasteiger partial charge in [0.1, 0.15) is 5.69 Å². The van der Waals surface area contributed by atoms with Gasteiger partial charge in [-0.25, -0.2) is 4.79 Å². The lowest BCUT2D eigenvalue weighted by atomic mass is 10.0. The van der Waals surface area contributed by atoms with Crippen molar-refractivity contribution in [2.45, 2.75) is 31.5 Å². The second-order valence-corrected chi connectivity index (χ2v) is 6.09. The zero-order chi connectivity index (χ0) is 18.0. The maximum atomic E-state index is 12.4. The summed E-state index contributed by atoms with van der Waals surface area (Å²) in [5.41, 5.74) is 1.10. The Balaban J connectivity index is 1.80. The van der Waals surface area contributed by atoms with Crippen LogP contribution < -0.4 is 0 Å². The summed E-state index contributed by atoms with van der Waals surface area (Å²) in [6, 6.07) is 7.96. The summed E-state index contributed by atoms with van der Waals surface area (Å²) in [6.07, 6.45) is -3.13. The average molecular weight is 375 g/mol. The molecule has 0 spiro atoms. The molecule has 0 amide bonds. The Labute approximate surface area is 146 Å². The number of alkyl halides is 3. The number of rotatable bonds is 3. The van der Waals surface area contributed by atoms with Crippen molar-refractivity contribution in [1.82, 2.24) is 10.2 Å². The molecule has 134 valence electrons. The molecule has 5 nitrogen and oxygen atoms in total. The van der Waals surface area contributed by atoms with Gasteiger partial charge in [-0.3, -0.25) is 0 Å². The van der Waals surface area contributed by atoms with Gasteiger partial charge in [0.2, 0.25) is 0 Å². The summed E-state index contributed by atoms with van der Waals surface area (Å²) in [7, 11) is 0. The molecule has 2 aromatic rings. The van der Waals surface area contributed by atoms with Crippen LogP contribution in [0.5, 0.6) is 0 Å². The van der Waals surface area contributed by atoms with Crippen LogP contribution in [0.15, 0.2) is 34.9 Å². The van der Waals surface area contributed by atoms with Crippen LogP contribution in [-0.2, 0) is 9.63 Å². The van der Waals surface area contributed by atoms with Gasteiger partial charge < -0.3 is 9.36 Å². The Bertz CT molecular complexity index is 763. The van der Waals surface area contributed by atoms with Crippen molar-refractivity contribution in [3.05, 3.63) is 41.0 Å². The zero-order valence-electron chi connectivity index (χ0n) is 12.9. The third-order valence-electron chi connectivity index (χ3n) is 3.86. The lowest BCUT2D eigenvalue weighted by molar-refractivity contribution is -0.251. The summed E-state index contributed by atoms with van der Waals surface area (Å²) in [5.74, 6) is -1.80. The highest BCUT2D eigenvalue weighted by molar-refractivity contribution is 6.30. The third kappa shape index (κ3) is 4.13. The first-order chi connectivity index (χ1) is 11.8. The minimum atomic E-state index is -5.04. The van der Waals surface area contributed by atoms with Crippen LogP contribution in [-0.4, -0.2) is 28.9 Å². The van der Waals surface area contributed by atoms with E-state index in [0.717, 1.165) is 11.5 Å². The van der Waals surface area contributed by atoms with Crippen LogP contribution >= 0.6 is 11.6 Å². The number of carbonyl (C=O) groups excluding carboxylic acids is 1. The number of benzene rings is 1. The van der Waals surface area contributed by atoms with E-state index in [1.54, 1.807) is 30.3 Å². The molecule has 0 aliphatic carbocycles. The summed E-state index contributed by atoms with van der Waals surface area (Å²) in [6.45, 7) is 0.200.